The van der Waals surface area contributed by atoms with Crippen molar-refractivity contribution < 1.29 is 23.1 Å². The van der Waals surface area contributed by atoms with Gasteiger partial charge in [-0.05, 0) is 12.5 Å². The molecule has 9 heteroatoms. The molecule has 1 amide bonds. The number of likely N-dealkylation sites (tertiary alicyclic amines) is 1. The summed E-state index contributed by atoms with van der Waals surface area (Å²) in [5, 5.41) is 11.7. The molecule has 0 aliphatic carbocycles. The number of aromatic nitrogens is 1. The molecule has 1 fully saturated rings. The highest BCUT2D eigenvalue weighted by atomic mass is 19.4. The van der Waals surface area contributed by atoms with Crippen LogP contribution in [0.5, 0.6) is 0 Å². The molecule has 0 unspecified atom stereocenters. The second-order valence-corrected chi connectivity index (χ2v) is 4.52. The summed E-state index contributed by atoms with van der Waals surface area (Å²) in [7, 11) is 0. The lowest BCUT2D eigenvalue weighted by molar-refractivity contribution is -0.137. The molecule has 110 valence electrons. The summed E-state index contributed by atoms with van der Waals surface area (Å²) in [5.74, 6) is 0.134. The maximum Gasteiger partial charge on any atom is 0.417 e. The molecule has 1 atom stereocenters. The molecule has 0 bridgehead atoms. The fourth-order valence-corrected chi connectivity index (χ4v) is 2.00. The van der Waals surface area contributed by atoms with E-state index in [4.69, 9.17) is 10.8 Å². The van der Waals surface area contributed by atoms with Crippen LogP contribution in [0.25, 0.3) is 0 Å². The van der Waals surface area contributed by atoms with Gasteiger partial charge < -0.3 is 21.1 Å². The first-order valence-electron chi connectivity index (χ1n) is 5.84. The van der Waals surface area contributed by atoms with Crippen LogP contribution in [-0.2, 0) is 6.18 Å². The Balaban J connectivity index is 2.06. The maximum absolute atomic E-state index is 12.5. The molecule has 1 aliphatic rings. The van der Waals surface area contributed by atoms with Crippen LogP contribution >= 0.6 is 0 Å². The van der Waals surface area contributed by atoms with E-state index in [1.165, 1.54) is 4.90 Å². The molecule has 0 saturated carbocycles. The Hall–Kier alpha value is -2.19. The number of amides is 1. The van der Waals surface area contributed by atoms with Crippen LogP contribution in [0, 0.1) is 0 Å². The summed E-state index contributed by atoms with van der Waals surface area (Å²) in [5.41, 5.74) is 4.50. The predicted molar refractivity (Wildman–Crippen MR) is 65.3 cm³/mol. The number of nitrogens with zero attached hydrogens (tertiary/aromatic N) is 2. The van der Waals surface area contributed by atoms with E-state index in [2.05, 4.69) is 10.3 Å². The number of nitrogen functional groups attached to an aromatic ring is 1. The summed E-state index contributed by atoms with van der Waals surface area (Å²) in [6.45, 7) is 0.616. The number of alkyl halides is 3. The quantitative estimate of drug-likeness (QED) is 0.773. The van der Waals surface area contributed by atoms with Crippen molar-refractivity contribution in [2.45, 2.75) is 18.6 Å². The van der Waals surface area contributed by atoms with Gasteiger partial charge in [-0.1, -0.05) is 0 Å². The van der Waals surface area contributed by atoms with Crippen LogP contribution in [0.15, 0.2) is 12.3 Å². The maximum atomic E-state index is 12.5. The van der Waals surface area contributed by atoms with E-state index >= 15 is 0 Å². The third kappa shape index (κ3) is 3.03. The number of hydrogen-bond acceptors (Lipinski definition) is 4. The van der Waals surface area contributed by atoms with Crippen molar-refractivity contribution in [3.63, 3.8) is 0 Å². The first-order chi connectivity index (χ1) is 9.27. The van der Waals surface area contributed by atoms with Crippen LogP contribution in [0.2, 0.25) is 0 Å². The molecule has 1 aromatic heterocycles. The van der Waals surface area contributed by atoms with Gasteiger partial charge in [-0.25, -0.2) is 9.78 Å². The Morgan fingerprint density at radius 1 is 1.55 bits per heavy atom. The van der Waals surface area contributed by atoms with Crippen molar-refractivity contribution in [1.29, 1.82) is 0 Å². The SMILES string of the molecule is Nc1cc(C(F)(F)F)cnc1N[C@H]1CCN(C(=O)O)C1. The summed E-state index contributed by atoms with van der Waals surface area (Å²) in [6, 6.07) is 0.594. The first-order valence-corrected chi connectivity index (χ1v) is 5.84. The van der Waals surface area contributed by atoms with Crippen LogP contribution in [0.4, 0.5) is 29.5 Å². The van der Waals surface area contributed by atoms with Gasteiger partial charge in [0.05, 0.1) is 11.3 Å². The molecule has 2 rings (SSSR count). The lowest BCUT2D eigenvalue weighted by atomic mass is 10.2. The number of carboxylic acid groups (broad SMARTS) is 1. The van der Waals surface area contributed by atoms with E-state index in [0.717, 1.165) is 6.07 Å². The zero-order valence-electron chi connectivity index (χ0n) is 10.3. The molecule has 0 spiro atoms. The number of nitrogens with two attached hydrogens (primary N) is 1. The van der Waals surface area contributed by atoms with Crippen molar-refractivity contribution in [1.82, 2.24) is 9.88 Å². The van der Waals surface area contributed by atoms with Crippen LogP contribution in [-0.4, -0.2) is 40.2 Å². The highest BCUT2D eigenvalue weighted by Gasteiger charge is 2.32. The van der Waals surface area contributed by atoms with E-state index in [-0.39, 0.29) is 24.1 Å². The number of nitrogens with one attached hydrogen (secondary N) is 1. The Bertz CT molecular complexity index is 521. The van der Waals surface area contributed by atoms with Gasteiger partial charge in [0, 0.05) is 25.3 Å². The Kier molecular flexibility index (Phi) is 3.60. The monoisotopic (exact) mass is 290 g/mol. The molecule has 1 aromatic rings. The topological polar surface area (TPSA) is 91.5 Å². The Labute approximate surface area is 112 Å². The van der Waals surface area contributed by atoms with Crippen LogP contribution in [0.1, 0.15) is 12.0 Å². The lowest BCUT2D eigenvalue weighted by Crippen LogP contribution is -2.30. The average molecular weight is 290 g/mol. The van der Waals surface area contributed by atoms with Gasteiger partial charge in [0.25, 0.3) is 0 Å². The molecule has 20 heavy (non-hydrogen) atoms. The standard InChI is InChI=1S/C11H13F3N4O2/c12-11(13,14)6-3-8(15)9(16-4-6)17-7-1-2-18(5-7)10(19)20/h3-4,7H,1-2,5,15H2,(H,16,17)(H,19,20)/t7-/m0/s1. The van der Waals surface area contributed by atoms with Gasteiger partial charge in [0.1, 0.15) is 5.82 Å². The second-order valence-electron chi connectivity index (χ2n) is 4.52. The number of carbonyl (C=O) groups is 1. The molecule has 0 aromatic carbocycles. The average Bonchev–Trinajstić information content (AvgIpc) is 2.79. The predicted octanol–water partition coefficient (Wildman–Crippen LogP) is 1.85. The molecule has 1 aliphatic heterocycles. The van der Waals surface area contributed by atoms with Crippen molar-refractivity contribution in [3.8, 4) is 0 Å². The second kappa shape index (κ2) is 5.06. The van der Waals surface area contributed by atoms with Gasteiger partial charge in [-0.3, -0.25) is 0 Å². The fraction of sp³-hybridized carbons (Fsp3) is 0.455. The molecular formula is C11H13F3N4O2. The molecule has 4 N–H and O–H groups in total. The van der Waals surface area contributed by atoms with E-state index in [1.54, 1.807) is 0 Å². The molecule has 0 radical (unpaired) electrons. The van der Waals surface area contributed by atoms with Gasteiger partial charge in [-0.2, -0.15) is 13.2 Å². The number of halogens is 3. The minimum Gasteiger partial charge on any atom is -0.465 e. The normalized spacial score (nSPS) is 19.1. The number of hydrogen-bond donors (Lipinski definition) is 3. The van der Waals surface area contributed by atoms with Gasteiger partial charge in [0.15, 0.2) is 0 Å². The minimum atomic E-state index is -4.49. The molecule has 2 heterocycles. The summed E-state index contributed by atoms with van der Waals surface area (Å²) >= 11 is 0. The molecule has 6 nitrogen and oxygen atoms in total. The van der Waals surface area contributed by atoms with E-state index < -0.39 is 17.8 Å². The van der Waals surface area contributed by atoms with Crippen LogP contribution < -0.4 is 11.1 Å². The van der Waals surface area contributed by atoms with Crippen molar-refractivity contribution >= 4 is 17.6 Å². The summed E-state index contributed by atoms with van der Waals surface area (Å²) in [6.07, 6.45) is -4.27. The zero-order valence-corrected chi connectivity index (χ0v) is 10.3. The van der Waals surface area contributed by atoms with E-state index in [0.29, 0.717) is 19.2 Å². The summed E-state index contributed by atoms with van der Waals surface area (Å²) < 4.78 is 37.4. The number of rotatable bonds is 2. The highest BCUT2D eigenvalue weighted by Crippen LogP contribution is 2.31. The van der Waals surface area contributed by atoms with Gasteiger partial charge >= 0.3 is 12.3 Å². The van der Waals surface area contributed by atoms with Crippen molar-refractivity contribution in [2.24, 2.45) is 0 Å². The third-order valence-corrected chi connectivity index (χ3v) is 3.04. The van der Waals surface area contributed by atoms with Crippen LogP contribution in [0.3, 0.4) is 0 Å². The Morgan fingerprint density at radius 3 is 2.75 bits per heavy atom. The minimum absolute atomic E-state index is 0.117. The molecule has 1 saturated heterocycles. The number of anilines is 2. The number of pyridine rings is 1. The zero-order chi connectivity index (χ0) is 14.9. The summed E-state index contributed by atoms with van der Waals surface area (Å²) in [4.78, 5) is 15.6. The largest absolute Gasteiger partial charge is 0.465 e. The fourth-order valence-electron chi connectivity index (χ4n) is 2.00. The van der Waals surface area contributed by atoms with E-state index in [1.807, 2.05) is 0 Å². The van der Waals surface area contributed by atoms with Crippen molar-refractivity contribution in [2.75, 3.05) is 24.1 Å². The molecular weight excluding hydrogens is 277 g/mol. The van der Waals surface area contributed by atoms with E-state index in [9.17, 15) is 18.0 Å². The Morgan fingerprint density at radius 2 is 2.25 bits per heavy atom. The highest BCUT2D eigenvalue weighted by molar-refractivity contribution is 5.66. The van der Waals surface area contributed by atoms with Gasteiger partial charge in [0.2, 0.25) is 0 Å². The smallest absolute Gasteiger partial charge is 0.417 e. The van der Waals surface area contributed by atoms with Gasteiger partial charge in [-0.15, -0.1) is 0 Å². The first kappa shape index (κ1) is 14.2. The lowest BCUT2D eigenvalue weighted by Gasteiger charge is -2.16. The van der Waals surface area contributed by atoms with Crippen molar-refractivity contribution in [3.05, 3.63) is 17.8 Å². The third-order valence-electron chi connectivity index (χ3n) is 3.04.